The van der Waals surface area contributed by atoms with Crippen molar-refractivity contribution in [1.29, 1.82) is 0 Å². The second kappa shape index (κ2) is 9.51. The number of carbonyl (C=O) groups excluding carboxylic acids is 1. The van der Waals surface area contributed by atoms with Gasteiger partial charge in [0.15, 0.2) is 0 Å². The van der Waals surface area contributed by atoms with Crippen LogP contribution >= 0.6 is 11.3 Å². The maximum Gasteiger partial charge on any atom is 0.255 e. The average molecular weight is 488 g/mol. The number of benzene rings is 1. The lowest BCUT2D eigenvalue weighted by atomic mass is 10.1. The van der Waals surface area contributed by atoms with Crippen LogP contribution in [0.2, 0.25) is 0 Å². The Morgan fingerprint density at radius 3 is 2.80 bits per heavy atom. The van der Waals surface area contributed by atoms with E-state index in [1.807, 2.05) is 25.3 Å². The van der Waals surface area contributed by atoms with Gasteiger partial charge in [-0.2, -0.15) is 0 Å². The number of nitrogens with zero attached hydrogens (tertiary/aromatic N) is 3. The molecule has 0 aliphatic carbocycles. The number of thiophene rings is 1. The van der Waals surface area contributed by atoms with Gasteiger partial charge in [0, 0.05) is 27.7 Å². The van der Waals surface area contributed by atoms with Gasteiger partial charge < -0.3 is 21.4 Å². The van der Waals surface area contributed by atoms with Gasteiger partial charge in [0.05, 0.1) is 23.5 Å². The smallest absolute Gasteiger partial charge is 0.255 e. The summed E-state index contributed by atoms with van der Waals surface area (Å²) in [4.78, 5) is 30.8. The number of carbonyl (C=O) groups is 1. The predicted molar refractivity (Wildman–Crippen MR) is 135 cm³/mol. The number of rotatable bonds is 7. The SMILES string of the molecule is CC(NC(=O)c1cccnc1NCc1ccc(-c2c[nH]c3ncnc(N)c23)s1)c1ccc(F)cc1. The average Bonchev–Trinajstić information content (AvgIpc) is 3.51. The number of hydrogen-bond donors (Lipinski definition) is 4. The highest BCUT2D eigenvalue weighted by atomic mass is 32.1. The fraction of sp³-hybridized carbons (Fsp3) is 0.120. The van der Waals surface area contributed by atoms with E-state index in [-0.39, 0.29) is 17.8 Å². The lowest BCUT2D eigenvalue weighted by Crippen LogP contribution is -2.27. The summed E-state index contributed by atoms with van der Waals surface area (Å²) in [6.07, 6.45) is 4.95. The van der Waals surface area contributed by atoms with Crippen molar-refractivity contribution >= 4 is 39.9 Å². The van der Waals surface area contributed by atoms with Gasteiger partial charge in [0.1, 0.15) is 29.4 Å². The van der Waals surface area contributed by atoms with Crippen LogP contribution in [0.3, 0.4) is 0 Å². The number of hydrogen-bond acceptors (Lipinski definition) is 7. The molecule has 1 atom stereocenters. The third kappa shape index (κ3) is 4.69. The Morgan fingerprint density at radius 1 is 1.14 bits per heavy atom. The number of nitrogens with one attached hydrogen (secondary N) is 3. The highest BCUT2D eigenvalue weighted by molar-refractivity contribution is 7.15. The molecule has 0 saturated heterocycles. The number of nitrogen functional groups attached to an aromatic ring is 1. The van der Waals surface area contributed by atoms with Crippen LogP contribution in [-0.2, 0) is 6.54 Å². The zero-order valence-electron chi connectivity index (χ0n) is 18.7. The molecule has 8 nitrogen and oxygen atoms in total. The quantitative estimate of drug-likeness (QED) is 0.259. The van der Waals surface area contributed by atoms with Crippen molar-refractivity contribution in [2.75, 3.05) is 11.1 Å². The van der Waals surface area contributed by atoms with E-state index in [2.05, 4.69) is 30.6 Å². The lowest BCUT2D eigenvalue weighted by molar-refractivity contribution is 0.0940. The van der Waals surface area contributed by atoms with E-state index in [0.717, 1.165) is 26.3 Å². The summed E-state index contributed by atoms with van der Waals surface area (Å²) in [5.74, 6) is 0.331. The molecule has 35 heavy (non-hydrogen) atoms. The van der Waals surface area contributed by atoms with Crippen molar-refractivity contribution in [3.8, 4) is 10.4 Å². The van der Waals surface area contributed by atoms with Crippen LogP contribution in [0.15, 0.2) is 67.3 Å². The molecule has 1 aromatic carbocycles. The molecule has 0 aliphatic heterocycles. The summed E-state index contributed by atoms with van der Waals surface area (Å²) in [6, 6.07) is 13.3. The van der Waals surface area contributed by atoms with Crippen molar-refractivity contribution in [3.05, 3.63) is 89.1 Å². The molecule has 0 bridgehead atoms. The van der Waals surface area contributed by atoms with E-state index in [4.69, 9.17) is 5.73 Å². The minimum Gasteiger partial charge on any atom is -0.383 e. The first-order chi connectivity index (χ1) is 17.0. The monoisotopic (exact) mass is 487 g/mol. The normalized spacial score (nSPS) is 11.9. The number of anilines is 2. The van der Waals surface area contributed by atoms with Gasteiger partial charge in [-0.15, -0.1) is 11.3 Å². The highest BCUT2D eigenvalue weighted by Gasteiger charge is 2.17. The molecule has 0 fully saturated rings. The van der Waals surface area contributed by atoms with Gasteiger partial charge in [0.25, 0.3) is 5.91 Å². The minimum absolute atomic E-state index is 0.265. The second-order valence-electron chi connectivity index (χ2n) is 7.95. The molecule has 176 valence electrons. The fourth-order valence-electron chi connectivity index (χ4n) is 3.81. The molecule has 0 spiro atoms. The molecular weight excluding hydrogens is 465 g/mol. The van der Waals surface area contributed by atoms with Crippen LogP contribution in [0.25, 0.3) is 21.5 Å². The Kier molecular flexibility index (Phi) is 6.11. The molecule has 4 heterocycles. The zero-order chi connectivity index (χ0) is 24.4. The van der Waals surface area contributed by atoms with Crippen molar-refractivity contribution in [3.63, 3.8) is 0 Å². The minimum atomic E-state index is -0.316. The molecule has 1 unspecified atom stereocenters. The number of amides is 1. The van der Waals surface area contributed by atoms with Crippen molar-refractivity contribution < 1.29 is 9.18 Å². The van der Waals surface area contributed by atoms with E-state index in [1.54, 1.807) is 41.8 Å². The number of aromatic amines is 1. The number of fused-ring (bicyclic) bond motifs is 1. The maximum absolute atomic E-state index is 13.2. The maximum atomic E-state index is 13.2. The Labute approximate surface area is 204 Å². The third-order valence-electron chi connectivity index (χ3n) is 5.63. The van der Waals surface area contributed by atoms with E-state index in [9.17, 15) is 9.18 Å². The van der Waals surface area contributed by atoms with Gasteiger partial charge in [-0.25, -0.2) is 19.3 Å². The lowest BCUT2D eigenvalue weighted by Gasteiger charge is -2.16. The van der Waals surface area contributed by atoms with E-state index < -0.39 is 0 Å². The molecule has 0 radical (unpaired) electrons. The van der Waals surface area contributed by atoms with Crippen LogP contribution in [-0.4, -0.2) is 25.8 Å². The van der Waals surface area contributed by atoms with Crippen LogP contribution in [0.1, 0.15) is 33.8 Å². The van der Waals surface area contributed by atoms with Gasteiger partial charge in [-0.1, -0.05) is 12.1 Å². The summed E-state index contributed by atoms with van der Waals surface area (Å²) >= 11 is 1.60. The first kappa shape index (κ1) is 22.5. The standard InChI is InChI=1S/C25H22FN7OS/c1-14(15-4-6-16(26)7-5-15)33-25(34)18-3-2-10-28-23(18)29-11-17-8-9-20(35-17)19-12-30-24-21(19)22(27)31-13-32-24/h2-10,12-14H,11H2,1H3,(H,28,29)(H,33,34)(H3,27,30,31,32). The first-order valence-corrected chi connectivity index (χ1v) is 11.7. The predicted octanol–water partition coefficient (Wildman–Crippen LogP) is 4.91. The van der Waals surface area contributed by atoms with Crippen molar-refractivity contribution in [1.82, 2.24) is 25.3 Å². The van der Waals surface area contributed by atoms with Gasteiger partial charge >= 0.3 is 0 Å². The van der Waals surface area contributed by atoms with Crippen molar-refractivity contribution in [2.45, 2.75) is 19.5 Å². The summed E-state index contributed by atoms with van der Waals surface area (Å²) in [7, 11) is 0. The number of aromatic nitrogens is 4. The van der Waals surface area contributed by atoms with E-state index in [1.165, 1.54) is 18.5 Å². The zero-order valence-corrected chi connectivity index (χ0v) is 19.6. The Bertz CT molecular complexity index is 1500. The largest absolute Gasteiger partial charge is 0.383 e. The van der Waals surface area contributed by atoms with Gasteiger partial charge in [-0.05, 0) is 48.9 Å². The Balaban J connectivity index is 1.29. The summed E-state index contributed by atoms with van der Waals surface area (Å²) in [5, 5.41) is 7.02. The van der Waals surface area contributed by atoms with Crippen LogP contribution in [0, 0.1) is 5.82 Å². The van der Waals surface area contributed by atoms with Crippen LogP contribution < -0.4 is 16.4 Å². The molecule has 10 heteroatoms. The fourth-order valence-corrected chi connectivity index (χ4v) is 4.78. The summed E-state index contributed by atoms with van der Waals surface area (Å²) in [6.45, 7) is 2.34. The number of pyridine rings is 1. The number of nitrogens with two attached hydrogens (primary N) is 1. The van der Waals surface area contributed by atoms with Crippen molar-refractivity contribution in [2.24, 2.45) is 0 Å². The number of H-pyrrole nitrogens is 1. The molecule has 5 N–H and O–H groups in total. The molecule has 5 aromatic rings. The molecule has 1 amide bonds. The van der Waals surface area contributed by atoms with E-state index >= 15 is 0 Å². The second-order valence-corrected chi connectivity index (χ2v) is 9.12. The Hall–Kier alpha value is -4.31. The highest BCUT2D eigenvalue weighted by Crippen LogP contribution is 2.35. The molecule has 5 rings (SSSR count). The van der Waals surface area contributed by atoms with Crippen LogP contribution in [0.4, 0.5) is 16.0 Å². The topological polar surface area (TPSA) is 122 Å². The Morgan fingerprint density at radius 2 is 1.97 bits per heavy atom. The summed E-state index contributed by atoms with van der Waals surface area (Å²) in [5.41, 5.74) is 8.95. The van der Waals surface area contributed by atoms with Gasteiger partial charge in [0.2, 0.25) is 0 Å². The van der Waals surface area contributed by atoms with E-state index in [0.29, 0.717) is 29.4 Å². The number of halogens is 1. The molecule has 4 aromatic heterocycles. The third-order valence-corrected chi connectivity index (χ3v) is 6.74. The van der Waals surface area contributed by atoms with Crippen LogP contribution in [0.5, 0.6) is 0 Å². The van der Waals surface area contributed by atoms with Gasteiger partial charge in [-0.3, -0.25) is 4.79 Å². The summed E-state index contributed by atoms with van der Waals surface area (Å²) < 4.78 is 13.2. The molecular formula is C25H22FN7OS. The molecule has 0 aliphatic rings. The molecule has 0 saturated carbocycles. The first-order valence-electron chi connectivity index (χ1n) is 10.9.